The van der Waals surface area contributed by atoms with Gasteiger partial charge in [-0.15, -0.1) is 11.3 Å². The highest BCUT2D eigenvalue weighted by atomic mass is 32.1. The number of hydrogen-bond donors (Lipinski definition) is 3. The molecular weight excluding hydrogens is 314 g/mol. The summed E-state index contributed by atoms with van der Waals surface area (Å²) in [6, 6.07) is 6.78. The van der Waals surface area contributed by atoms with Gasteiger partial charge in [-0.2, -0.15) is 0 Å². The minimum Gasteiger partial charge on any atom is -0.481 e. The van der Waals surface area contributed by atoms with Gasteiger partial charge in [-0.05, 0) is 30.7 Å². The van der Waals surface area contributed by atoms with Crippen molar-refractivity contribution in [2.24, 2.45) is 5.73 Å². The van der Waals surface area contributed by atoms with Gasteiger partial charge in [0.15, 0.2) is 0 Å². The molecular formula is C16H19N3O3S. The molecule has 1 aromatic carbocycles. The van der Waals surface area contributed by atoms with E-state index in [1.165, 1.54) is 0 Å². The van der Waals surface area contributed by atoms with Gasteiger partial charge in [-0.1, -0.05) is 12.1 Å². The van der Waals surface area contributed by atoms with E-state index in [-0.39, 0.29) is 18.7 Å². The molecule has 4 N–H and O–H groups in total. The Morgan fingerprint density at radius 2 is 1.96 bits per heavy atom. The normalized spacial score (nSPS) is 10.5. The van der Waals surface area contributed by atoms with Crippen LogP contribution in [0.1, 0.15) is 22.7 Å². The monoisotopic (exact) mass is 333 g/mol. The maximum absolute atomic E-state index is 12.0. The largest absolute Gasteiger partial charge is 0.481 e. The number of thiazole rings is 1. The van der Waals surface area contributed by atoms with Gasteiger partial charge in [-0.25, -0.2) is 4.98 Å². The van der Waals surface area contributed by atoms with Crippen LogP contribution in [0.25, 0.3) is 0 Å². The number of anilines is 1. The van der Waals surface area contributed by atoms with Crippen molar-refractivity contribution in [3.05, 3.63) is 45.9 Å². The lowest BCUT2D eigenvalue weighted by Crippen LogP contribution is -2.14. The van der Waals surface area contributed by atoms with Gasteiger partial charge in [0, 0.05) is 17.5 Å². The second-order valence-electron chi connectivity index (χ2n) is 5.12. The van der Waals surface area contributed by atoms with Crippen LogP contribution in [0.2, 0.25) is 0 Å². The third kappa shape index (κ3) is 5.80. The summed E-state index contributed by atoms with van der Waals surface area (Å²) >= 11 is 1.54. The first-order valence-corrected chi connectivity index (χ1v) is 8.18. The number of aliphatic carboxylic acids is 1. The summed E-state index contributed by atoms with van der Waals surface area (Å²) in [5, 5.41) is 14.4. The van der Waals surface area contributed by atoms with Crippen molar-refractivity contribution in [3.63, 3.8) is 0 Å². The van der Waals surface area contributed by atoms with Crippen LogP contribution in [-0.4, -0.2) is 28.5 Å². The molecule has 0 saturated heterocycles. The number of aryl methyl sites for hydroxylation is 1. The Labute approximate surface area is 138 Å². The van der Waals surface area contributed by atoms with Crippen LogP contribution in [-0.2, 0) is 28.9 Å². The van der Waals surface area contributed by atoms with Crippen molar-refractivity contribution in [1.82, 2.24) is 4.98 Å². The first kappa shape index (κ1) is 17.1. The van der Waals surface area contributed by atoms with Crippen molar-refractivity contribution in [2.75, 3.05) is 11.9 Å². The van der Waals surface area contributed by atoms with Crippen LogP contribution in [0.4, 0.5) is 5.69 Å². The number of carbonyl (C=O) groups excluding carboxylic acids is 1. The molecule has 0 aliphatic carbocycles. The minimum absolute atomic E-state index is 0.0291. The molecule has 6 nitrogen and oxygen atoms in total. The lowest BCUT2D eigenvalue weighted by atomic mass is 10.1. The Hall–Kier alpha value is -2.25. The number of carboxylic acids is 1. The lowest BCUT2D eigenvalue weighted by molar-refractivity contribution is -0.136. The van der Waals surface area contributed by atoms with Crippen LogP contribution < -0.4 is 11.1 Å². The van der Waals surface area contributed by atoms with Crippen LogP contribution in [0.5, 0.6) is 0 Å². The molecule has 1 amide bonds. The van der Waals surface area contributed by atoms with Gasteiger partial charge in [0.1, 0.15) is 0 Å². The average Bonchev–Trinajstić information content (AvgIpc) is 2.94. The molecule has 0 aliphatic heterocycles. The highest BCUT2D eigenvalue weighted by molar-refractivity contribution is 7.09. The molecule has 0 spiro atoms. The maximum Gasteiger partial charge on any atom is 0.307 e. The van der Waals surface area contributed by atoms with Gasteiger partial charge >= 0.3 is 5.97 Å². The van der Waals surface area contributed by atoms with Gasteiger partial charge in [0.25, 0.3) is 0 Å². The van der Waals surface area contributed by atoms with Gasteiger partial charge < -0.3 is 16.2 Å². The Morgan fingerprint density at radius 1 is 1.22 bits per heavy atom. The number of nitrogens with two attached hydrogens (primary N) is 1. The molecule has 7 heteroatoms. The number of benzene rings is 1. The first-order chi connectivity index (χ1) is 11.1. The topological polar surface area (TPSA) is 105 Å². The number of rotatable bonds is 8. The van der Waals surface area contributed by atoms with Gasteiger partial charge in [0.2, 0.25) is 5.91 Å². The zero-order chi connectivity index (χ0) is 16.7. The molecule has 2 rings (SSSR count). The summed E-state index contributed by atoms with van der Waals surface area (Å²) < 4.78 is 0. The highest BCUT2D eigenvalue weighted by Crippen LogP contribution is 2.14. The van der Waals surface area contributed by atoms with E-state index in [1.54, 1.807) is 35.6 Å². The zero-order valence-electron chi connectivity index (χ0n) is 12.6. The maximum atomic E-state index is 12.0. The molecule has 0 saturated carbocycles. The summed E-state index contributed by atoms with van der Waals surface area (Å²) in [5.74, 6) is -1.03. The van der Waals surface area contributed by atoms with E-state index in [4.69, 9.17) is 10.8 Å². The Kier molecular flexibility index (Phi) is 6.25. The highest BCUT2D eigenvalue weighted by Gasteiger charge is 2.08. The van der Waals surface area contributed by atoms with Crippen molar-refractivity contribution >= 4 is 28.9 Å². The molecule has 0 bridgehead atoms. The summed E-state index contributed by atoms with van der Waals surface area (Å²) in [5.41, 5.74) is 7.55. The summed E-state index contributed by atoms with van der Waals surface area (Å²) in [6.45, 7) is 0.632. The second kappa shape index (κ2) is 8.40. The van der Waals surface area contributed by atoms with Gasteiger partial charge in [0.05, 0.1) is 23.5 Å². The molecule has 1 heterocycles. The Morgan fingerprint density at radius 3 is 2.61 bits per heavy atom. The molecule has 0 atom stereocenters. The molecule has 122 valence electrons. The number of amides is 1. The van der Waals surface area contributed by atoms with E-state index >= 15 is 0 Å². The lowest BCUT2D eigenvalue weighted by Gasteiger charge is -2.05. The molecule has 23 heavy (non-hydrogen) atoms. The predicted molar refractivity (Wildman–Crippen MR) is 89.6 cm³/mol. The molecule has 0 radical (unpaired) electrons. The van der Waals surface area contributed by atoms with E-state index in [0.717, 1.165) is 23.5 Å². The van der Waals surface area contributed by atoms with Crippen molar-refractivity contribution in [1.29, 1.82) is 0 Å². The second-order valence-corrected chi connectivity index (χ2v) is 6.06. The molecule has 2 aromatic rings. The first-order valence-electron chi connectivity index (χ1n) is 7.30. The number of nitrogens with zero attached hydrogens (tertiary/aromatic N) is 1. The van der Waals surface area contributed by atoms with E-state index in [0.29, 0.717) is 17.8 Å². The predicted octanol–water partition coefficient (Wildman–Crippen LogP) is 1.84. The van der Waals surface area contributed by atoms with Crippen molar-refractivity contribution < 1.29 is 14.7 Å². The number of hydrogen-bond acceptors (Lipinski definition) is 5. The smallest absolute Gasteiger partial charge is 0.307 e. The number of carboxylic acid groups (broad SMARTS) is 1. The third-order valence-electron chi connectivity index (χ3n) is 3.13. The van der Waals surface area contributed by atoms with Gasteiger partial charge in [-0.3, -0.25) is 9.59 Å². The van der Waals surface area contributed by atoms with Crippen LogP contribution >= 0.6 is 11.3 Å². The Balaban J connectivity index is 1.86. The molecule has 0 fully saturated rings. The number of aromatic nitrogens is 1. The molecule has 0 aliphatic rings. The quantitative estimate of drug-likeness (QED) is 0.683. The summed E-state index contributed by atoms with van der Waals surface area (Å²) in [4.78, 5) is 27.0. The molecule has 0 unspecified atom stereocenters. The van der Waals surface area contributed by atoms with Crippen molar-refractivity contribution in [2.45, 2.75) is 25.7 Å². The SMILES string of the molecule is NCCCc1nc(CC(=O)Nc2ccc(CC(=O)O)cc2)cs1. The Bertz CT molecular complexity index is 667. The van der Waals surface area contributed by atoms with Crippen molar-refractivity contribution in [3.8, 4) is 0 Å². The fraction of sp³-hybridized carbons (Fsp3) is 0.312. The summed E-state index contributed by atoms with van der Waals surface area (Å²) in [6.07, 6.45) is 1.92. The van der Waals surface area contributed by atoms with Crippen LogP contribution in [0, 0.1) is 0 Å². The number of carbonyl (C=O) groups is 2. The van der Waals surface area contributed by atoms with E-state index in [2.05, 4.69) is 10.3 Å². The third-order valence-corrected chi connectivity index (χ3v) is 4.09. The van der Waals surface area contributed by atoms with E-state index < -0.39 is 5.97 Å². The fourth-order valence-electron chi connectivity index (χ4n) is 2.05. The zero-order valence-corrected chi connectivity index (χ0v) is 13.4. The molecule has 1 aromatic heterocycles. The average molecular weight is 333 g/mol. The van der Waals surface area contributed by atoms with E-state index in [9.17, 15) is 9.59 Å². The standard InChI is InChI=1S/C16H19N3O3S/c17-7-1-2-15-19-13(10-23-15)9-14(20)18-12-5-3-11(4-6-12)8-16(21)22/h3-6,10H,1-2,7-9,17H2,(H,18,20)(H,21,22). The van der Waals surface area contributed by atoms with Crippen LogP contribution in [0.15, 0.2) is 29.6 Å². The van der Waals surface area contributed by atoms with E-state index in [1.807, 2.05) is 5.38 Å². The summed E-state index contributed by atoms with van der Waals surface area (Å²) in [7, 11) is 0. The minimum atomic E-state index is -0.879. The number of nitrogens with one attached hydrogen (secondary N) is 1. The van der Waals surface area contributed by atoms with Crippen LogP contribution in [0.3, 0.4) is 0 Å². The fourth-order valence-corrected chi connectivity index (χ4v) is 2.89.